The number of ether oxygens (including phenoxy) is 1. The first-order chi connectivity index (χ1) is 17.8. The molecule has 3 aromatic rings. The van der Waals surface area contributed by atoms with E-state index in [-0.39, 0.29) is 41.3 Å². The van der Waals surface area contributed by atoms with E-state index in [1.807, 2.05) is 0 Å². The average Bonchev–Trinajstić information content (AvgIpc) is 3.24. The molecule has 3 heterocycles. The predicted molar refractivity (Wildman–Crippen MR) is 124 cm³/mol. The second-order valence-electron chi connectivity index (χ2n) is 8.90. The van der Waals surface area contributed by atoms with Crippen molar-refractivity contribution in [3.05, 3.63) is 53.1 Å². The van der Waals surface area contributed by atoms with E-state index in [9.17, 15) is 35.8 Å². The molecule has 1 fully saturated rings. The van der Waals surface area contributed by atoms with Gasteiger partial charge in [-0.3, -0.25) is 9.39 Å². The molecule has 3 aromatic heterocycles. The Hall–Kier alpha value is -3.36. The van der Waals surface area contributed by atoms with Crippen molar-refractivity contribution >= 4 is 0 Å². The number of alkyl halides is 7. The summed E-state index contributed by atoms with van der Waals surface area (Å²) in [6.07, 6.45) is -1.81. The van der Waals surface area contributed by atoms with Crippen molar-refractivity contribution < 1.29 is 45.3 Å². The van der Waals surface area contributed by atoms with Crippen molar-refractivity contribution in [2.45, 2.75) is 50.8 Å². The maximum absolute atomic E-state index is 13.3. The normalized spacial score (nSPS) is 16.5. The molecule has 15 heteroatoms. The molecular weight excluding hydrogens is 542 g/mol. The minimum atomic E-state index is -4.62. The smallest absolute Gasteiger partial charge is 0.435 e. The highest BCUT2D eigenvalue weighted by atomic mass is 19.4. The molecule has 0 aliphatic heterocycles. The van der Waals surface area contributed by atoms with Gasteiger partial charge in [0.15, 0.2) is 5.69 Å². The van der Waals surface area contributed by atoms with Crippen LogP contribution in [0.2, 0.25) is 0 Å². The second kappa shape index (κ2) is 13.1. The van der Waals surface area contributed by atoms with E-state index >= 15 is 0 Å². The van der Waals surface area contributed by atoms with E-state index < -0.39 is 36.7 Å². The van der Waals surface area contributed by atoms with Crippen LogP contribution < -0.4 is 4.74 Å². The van der Waals surface area contributed by atoms with Crippen LogP contribution in [0.3, 0.4) is 0 Å². The molecule has 216 valence electrons. The van der Waals surface area contributed by atoms with Crippen molar-refractivity contribution in [1.82, 2.24) is 25.0 Å². The SMILES string of the molecule is Cc1cc(CCC(O)Cc2ccnc(OCC3CC3(F)F)c2)nnc1-c1cn(C)nc1C(F)(F)F.F.FCF. The molecule has 1 aliphatic carbocycles. The number of aliphatic hydroxyl groups is 1. The number of pyridine rings is 1. The van der Waals surface area contributed by atoms with E-state index in [1.54, 1.807) is 25.1 Å². The molecule has 1 saturated carbocycles. The van der Waals surface area contributed by atoms with E-state index in [2.05, 4.69) is 20.3 Å². The molecule has 0 bridgehead atoms. The lowest BCUT2D eigenvalue weighted by Gasteiger charge is -2.12. The van der Waals surface area contributed by atoms with Gasteiger partial charge in [0, 0.05) is 31.9 Å². The van der Waals surface area contributed by atoms with E-state index in [1.165, 1.54) is 19.4 Å². The van der Waals surface area contributed by atoms with Crippen LogP contribution in [0.1, 0.15) is 35.4 Å². The minimum absolute atomic E-state index is 0. The van der Waals surface area contributed by atoms with Gasteiger partial charge in [0.2, 0.25) is 12.8 Å². The van der Waals surface area contributed by atoms with Crippen molar-refractivity contribution in [3.8, 4) is 17.1 Å². The number of nitrogens with zero attached hydrogens (tertiary/aromatic N) is 5. The molecule has 39 heavy (non-hydrogen) atoms. The third kappa shape index (κ3) is 8.83. The molecule has 4 rings (SSSR count). The fourth-order valence-electron chi connectivity index (χ4n) is 3.78. The summed E-state index contributed by atoms with van der Waals surface area (Å²) in [7, 11) is 1.40. The second-order valence-corrected chi connectivity index (χ2v) is 8.90. The van der Waals surface area contributed by atoms with Crippen LogP contribution in [0.25, 0.3) is 11.3 Å². The first-order valence-corrected chi connectivity index (χ1v) is 11.5. The lowest BCUT2D eigenvalue weighted by molar-refractivity contribution is -0.141. The molecule has 1 aliphatic rings. The van der Waals surface area contributed by atoms with Gasteiger partial charge in [-0.2, -0.15) is 23.4 Å². The van der Waals surface area contributed by atoms with Gasteiger partial charge >= 0.3 is 6.18 Å². The lowest BCUT2D eigenvalue weighted by atomic mass is 10.0. The van der Waals surface area contributed by atoms with E-state index in [0.717, 1.165) is 10.2 Å². The standard InChI is InChI=1S/C23H24F5N5O2.CH2F2.FH/c1-13-7-16(30-31-20(13)18-11-33(2)32-21(18)23(26,27)28)3-4-17(34)8-14-5-6-29-19(9-14)35-12-15-10-22(15,24)25;2-1-3;/h5-7,9,11,15,17,34H,3-4,8,10,12H2,1-2H3;1H2;1H. The zero-order valence-electron chi connectivity index (χ0n) is 20.9. The third-order valence-corrected chi connectivity index (χ3v) is 5.78. The highest BCUT2D eigenvalue weighted by Gasteiger charge is 2.57. The molecule has 0 amide bonds. The van der Waals surface area contributed by atoms with Gasteiger partial charge in [0.05, 0.1) is 35.6 Å². The van der Waals surface area contributed by atoms with Crippen molar-refractivity contribution in [3.63, 3.8) is 0 Å². The summed E-state index contributed by atoms with van der Waals surface area (Å²) < 4.78 is 91.5. The molecule has 1 N–H and O–H groups in total. The molecule has 2 unspecified atom stereocenters. The van der Waals surface area contributed by atoms with Crippen LogP contribution in [0.15, 0.2) is 30.6 Å². The van der Waals surface area contributed by atoms with Crippen LogP contribution >= 0.6 is 0 Å². The van der Waals surface area contributed by atoms with Crippen molar-refractivity contribution in [2.24, 2.45) is 13.0 Å². The largest absolute Gasteiger partial charge is 0.477 e. The summed E-state index contributed by atoms with van der Waals surface area (Å²) >= 11 is 0. The number of aromatic nitrogens is 5. The van der Waals surface area contributed by atoms with Gasteiger partial charge in [-0.15, -0.1) is 5.10 Å². The fourth-order valence-corrected chi connectivity index (χ4v) is 3.78. The van der Waals surface area contributed by atoms with Gasteiger partial charge in [-0.1, -0.05) is 0 Å². The topological polar surface area (TPSA) is 86.0 Å². The Morgan fingerprint density at radius 1 is 1.21 bits per heavy atom. The summed E-state index contributed by atoms with van der Waals surface area (Å²) in [5.41, 5.74) is 0.721. The highest BCUT2D eigenvalue weighted by molar-refractivity contribution is 5.65. The third-order valence-electron chi connectivity index (χ3n) is 5.78. The average molecular weight is 569 g/mol. The molecular formula is C24H27F8N5O2. The Kier molecular flexibility index (Phi) is 10.7. The van der Waals surface area contributed by atoms with Crippen LogP contribution in [0, 0.1) is 12.8 Å². The molecule has 0 aromatic carbocycles. The Balaban J connectivity index is 0.00000127. The first kappa shape index (κ1) is 31.9. The Morgan fingerprint density at radius 3 is 2.46 bits per heavy atom. The number of aryl methyl sites for hydroxylation is 3. The number of rotatable bonds is 9. The van der Waals surface area contributed by atoms with E-state index in [0.29, 0.717) is 24.1 Å². The molecule has 2 atom stereocenters. The molecule has 0 radical (unpaired) electrons. The van der Waals surface area contributed by atoms with Gasteiger partial charge in [0.25, 0.3) is 5.92 Å². The minimum Gasteiger partial charge on any atom is -0.477 e. The van der Waals surface area contributed by atoms with Gasteiger partial charge < -0.3 is 9.84 Å². The Morgan fingerprint density at radius 2 is 1.87 bits per heavy atom. The van der Waals surface area contributed by atoms with Gasteiger partial charge in [-0.25, -0.2) is 22.5 Å². The summed E-state index contributed by atoms with van der Waals surface area (Å²) in [6, 6.07) is 4.95. The first-order valence-electron chi connectivity index (χ1n) is 11.5. The molecule has 0 spiro atoms. The number of aliphatic hydroxyl groups excluding tert-OH is 1. The summed E-state index contributed by atoms with van der Waals surface area (Å²) in [5, 5.41) is 22.0. The van der Waals surface area contributed by atoms with Crippen LogP contribution in [-0.2, 0) is 26.1 Å². The van der Waals surface area contributed by atoms with Gasteiger partial charge in [-0.05, 0) is 49.4 Å². The zero-order chi connectivity index (χ0) is 28.1. The van der Waals surface area contributed by atoms with Crippen LogP contribution in [-0.4, -0.2) is 55.6 Å². The van der Waals surface area contributed by atoms with E-state index in [4.69, 9.17) is 4.74 Å². The maximum Gasteiger partial charge on any atom is 0.435 e. The Bertz CT molecular complexity index is 1220. The number of hydrogen-bond donors (Lipinski definition) is 1. The Labute approximate surface area is 218 Å². The highest BCUT2D eigenvalue weighted by Crippen LogP contribution is 2.48. The lowest BCUT2D eigenvalue weighted by Crippen LogP contribution is -2.13. The molecule has 7 nitrogen and oxygen atoms in total. The zero-order valence-corrected chi connectivity index (χ0v) is 20.9. The predicted octanol–water partition coefficient (Wildman–Crippen LogP) is 5.20. The van der Waals surface area contributed by atoms with Crippen molar-refractivity contribution in [2.75, 3.05) is 13.5 Å². The summed E-state index contributed by atoms with van der Waals surface area (Å²) in [6.45, 7) is -0.212. The summed E-state index contributed by atoms with van der Waals surface area (Å²) in [5.74, 6) is -3.22. The quantitative estimate of drug-likeness (QED) is 0.357. The monoisotopic (exact) mass is 569 g/mol. The number of hydrogen-bond acceptors (Lipinski definition) is 6. The van der Waals surface area contributed by atoms with Crippen LogP contribution in [0.4, 0.5) is 35.4 Å². The molecule has 0 saturated heterocycles. The summed E-state index contributed by atoms with van der Waals surface area (Å²) in [4.78, 5) is 4.01. The fraction of sp³-hybridized carbons (Fsp3) is 0.500. The number of halogens is 8. The van der Waals surface area contributed by atoms with Crippen LogP contribution in [0.5, 0.6) is 5.88 Å². The van der Waals surface area contributed by atoms with Crippen molar-refractivity contribution in [1.29, 1.82) is 0 Å². The van der Waals surface area contributed by atoms with Gasteiger partial charge in [0.1, 0.15) is 0 Å². The maximum atomic E-state index is 13.3.